The molecule has 2 amide bonds. The molecule has 0 spiro atoms. The normalized spacial score (nSPS) is 15.3. The van der Waals surface area contributed by atoms with E-state index >= 15 is 0 Å². The van der Waals surface area contributed by atoms with Gasteiger partial charge in [0.1, 0.15) is 12.4 Å². The van der Waals surface area contributed by atoms with Crippen LogP contribution in [0.4, 0.5) is 5.82 Å². The fourth-order valence-electron chi connectivity index (χ4n) is 4.94. The monoisotopic (exact) mass is 580 g/mol. The lowest BCUT2D eigenvalue weighted by Crippen LogP contribution is -2.42. The molecule has 41 heavy (non-hydrogen) atoms. The summed E-state index contributed by atoms with van der Waals surface area (Å²) in [5, 5.41) is 7.85. The first-order valence-corrected chi connectivity index (χ1v) is 14.7. The van der Waals surface area contributed by atoms with Crippen LogP contribution in [0.5, 0.6) is 11.5 Å². The Labute approximate surface area is 246 Å². The molecule has 1 atom stereocenters. The molecule has 2 aromatic carbocycles. The summed E-state index contributed by atoms with van der Waals surface area (Å²) in [6.07, 6.45) is 0.689. The molecule has 9 nitrogen and oxygen atoms in total. The fourth-order valence-corrected chi connectivity index (χ4v) is 6.12. The Hall–Kier alpha value is -3.50. The van der Waals surface area contributed by atoms with Gasteiger partial charge in [-0.25, -0.2) is 4.68 Å². The second-order valence-corrected chi connectivity index (χ2v) is 12.2. The molecule has 3 aromatic rings. The second-order valence-electron chi connectivity index (χ2n) is 11.1. The zero-order valence-electron chi connectivity index (χ0n) is 24.9. The molecule has 0 saturated heterocycles. The molecule has 10 heteroatoms. The van der Waals surface area contributed by atoms with E-state index in [1.165, 1.54) is 11.8 Å². The number of hydrogen-bond donors (Lipinski definition) is 1. The smallest absolute Gasteiger partial charge is 0.240 e. The molecule has 1 aliphatic heterocycles. The van der Waals surface area contributed by atoms with E-state index in [9.17, 15) is 9.59 Å². The maximum absolute atomic E-state index is 13.8. The highest BCUT2D eigenvalue weighted by Gasteiger charge is 2.40. The molecule has 0 saturated carbocycles. The average Bonchev–Trinajstić information content (AvgIpc) is 3.28. The van der Waals surface area contributed by atoms with Crippen LogP contribution in [0, 0.1) is 6.92 Å². The van der Waals surface area contributed by atoms with Gasteiger partial charge in [0.25, 0.3) is 0 Å². The third-order valence-corrected chi connectivity index (χ3v) is 8.16. The van der Waals surface area contributed by atoms with Gasteiger partial charge in [-0.1, -0.05) is 39.0 Å². The minimum Gasteiger partial charge on any atom is -0.493 e. The Bertz CT molecular complexity index is 1400. The van der Waals surface area contributed by atoms with Gasteiger partial charge in [0.2, 0.25) is 11.8 Å². The molecule has 1 aromatic heterocycles. The molecule has 0 fully saturated rings. The number of nitrogens with one attached hydrogen (secondary N) is 1. The number of carbonyl (C=O) groups is 2. The molecule has 0 unspecified atom stereocenters. The number of benzene rings is 2. The summed E-state index contributed by atoms with van der Waals surface area (Å²) in [5.41, 5.74) is 4.28. The highest BCUT2D eigenvalue weighted by atomic mass is 32.2. The zero-order valence-corrected chi connectivity index (χ0v) is 25.8. The number of fused-ring (bicyclic) bond motifs is 1. The van der Waals surface area contributed by atoms with Crippen LogP contribution < -0.4 is 19.7 Å². The molecule has 0 radical (unpaired) electrons. The van der Waals surface area contributed by atoms with Gasteiger partial charge >= 0.3 is 0 Å². The number of nitrogens with zero attached hydrogens (tertiary/aromatic N) is 3. The summed E-state index contributed by atoms with van der Waals surface area (Å²) < 4.78 is 18.0. The Kier molecular flexibility index (Phi) is 9.65. The van der Waals surface area contributed by atoms with Crippen molar-refractivity contribution in [2.45, 2.75) is 44.8 Å². The Morgan fingerprint density at radius 3 is 2.51 bits per heavy atom. The quantitative estimate of drug-likeness (QED) is 0.344. The van der Waals surface area contributed by atoms with Crippen LogP contribution in [0.3, 0.4) is 0 Å². The second kappa shape index (κ2) is 13.0. The highest BCUT2D eigenvalue weighted by molar-refractivity contribution is 8.00. The van der Waals surface area contributed by atoms with E-state index in [0.29, 0.717) is 36.9 Å². The standard InChI is InChI=1S/C31H40N4O5S/c1-20-10-8-11-22(16-20)35-30-27(29(33-35)31(2,3)4)28(21-12-13-23(39-6)24(17-21)40-7)41-19-26(37)34(30)18-25(36)32-14-9-15-38-5/h8,10-13,16-17,28H,9,14-15,18-19H2,1-7H3,(H,32,36)/t28-/m0/s1. The molecular weight excluding hydrogens is 540 g/mol. The summed E-state index contributed by atoms with van der Waals surface area (Å²) in [4.78, 5) is 28.6. The number of ether oxygens (including phenoxy) is 3. The molecule has 0 bridgehead atoms. The van der Waals surface area contributed by atoms with Gasteiger partial charge < -0.3 is 19.5 Å². The van der Waals surface area contributed by atoms with Crippen molar-refractivity contribution in [1.82, 2.24) is 15.1 Å². The van der Waals surface area contributed by atoms with Crippen molar-refractivity contribution in [3.63, 3.8) is 0 Å². The van der Waals surface area contributed by atoms with Gasteiger partial charge in [-0.05, 0) is 48.7 Å². The van der Waals surface area contributed by atoms with Crippen LogP contribution >= 0.6 is 11.8 Å². The van der Waals surface area contributed by atoms with E-state index in [2.05, 4.69) is 26.1 Å². The minimum absolute atomic E-state index is 0.112. The lowest BCUT2D eigenvalue weighted by Gasteiger charge is -2.25. The minimum atomic E-state index is -0.351. The Morgan fingerprint density at radius 1 is 1.10 bits per heavy atom. The fraction of sp³-hybridized carbons (Fsp3) is 0.452. The van der Waals surface area contributed by atoms with Gasteiger partial charge in [-0.3, -0.25) is 14.5 Å². The summed E-state index contributed by atoms with van der Waals surface area (Å²) in [5.74, 6) is 1.66. The lowest BCUT2D eigenvalue weighted by atomic mass is 9.87. The Balaban J connectivity index is 1.93. The number of carbonyl (C=O) groups excluding carboxylic acids is 2. The number of thioether (sulfide) groups is 1. The van der Waals surface area contributed by atoms with Crippen molar-refractivity contribution < 1.29 is 23.8 Å². The average molecular weight is 581 g/mol. The predicted octanol–water partition coefficient (Wildman–Crippen LogP) is 4.82. The van der Waals surface area contributed by atoms with Gasteiger partial charge in [0.05, 0.1) is 36.6 Å². The van der Waals surface area contributed by atoms with Gasteiger partial charge in [-0.2, -0.15) is 5.10 Å². The third-order valence-electron chi connectivity index (χ3n) is 6.91. The predicted molar refractivity (Wildman–Crippen MR) is 163 cm³/mol. The number of rotatable bonds is 10. The largest absolute Gasteiger partial charge is 0.493 e. The van der Waals surface area contributed by atoms with E-state index < -0.39 is 0 Å². The van der Waals surface area contributed by atoms with Crippen LogP contribution in [0.2, 0.25) is 0 Å². The van der Waals surface area contributed by atoms with E-state index in [1.807, 2.05) is 54.1 Å². The van der Waals surface area contributed by atoms with Crippen molar-refractivity contribution in [2.75, 3.05) is 51.7 Å². The summed E-state index contributed by atoms with van der Waals surface area (Å²) in [6, 6.07) is 13.9. The van der Waals surface area contributed by atoms with Gasteiger partial charge in [0.15, 0.2) is 11.5 Å². The topological polar surface area (TPSA) is 94.9 Å². The zero-order chi connectivity index (χ0) is 29.7. The van der Waals surface area contributed by atoms with Crippen molar-refractivity contribution in [2.24, 2.45) is 0 Å². The maximum Gasteiger partial charge on any atom is 0.240 e. The lowest BCUT2D eigenvalue weighted by molar-refractivity contribution is -0.122. The first-order valence-electron chi connectivity index (χ1n) is 13.7. The molecule has 1 N–H and O–H groups in total. The van der Waals surface area contributed by atoms with E-state index in [0.717, 1.165) is 28.1 Å². The number of aromatic nitrogens is 2. The number of methoxy groups -OCH3 is 3. The molecule has 2 heterocycles. The van der Waals surface area contributed by atoms with Crippen LogP contribution in [0.25, 0.3) is 5.69 Å². The third kappa shape index (κ3) is 6.70. The van der Waals surface area contributed by atoms with Crippen LogP contribution in [0.1, 0.15) is 54.8 Å². The van der Waals surface area contributed by atoms with Crippen molar-refractivity contribution in [3.8, 4) is 17.2 Å². The van der Waals surface area contributed by atoms with E-state index in [1.54, 1.807) is 26.2 Å². The van der Waals surface area contributed by atoms with E-state index in [-0.39, 0.29) is 34.8 Å². The van der Waals surface area contributed by atoms with Crippen LogP contribution in [-0.2, 0) is 19.7 Å². The molecular formula is C31H40N4O5S. The molecule has 4 rings (SSSR count). The molecule has 0 aliphatic carbocycles. The van der Waals surface area contributed by atoms with Crippen molar-refractivity contribution in [3.05, 3.63) is 64.8 Å². The maximum atomic E-state index is 13.8. The highest BCUT2D eigenvalue weighted by Crippen LogP contribution is 2.49. The molecule has 1 aliphatic rings. The van der Waals surface area contributed by atoms with Crippen molar-refractivity contribution >= 4 is 29.4 Å². The van der Waals surface area contributed by atoms with Crippen molar-refractivity contribution in [1.29, 1.82) is 0 Å². The summed E-state index contributed by atoms with van der Waals surface area (Å²) in [6.45, 7) is 9.28. The first-order chi connectivity index (χ1) is 19.6. The molecule has 220 valence electrons. The van der Waals surface area contributed by atoms with Gasteiger partial charge in [-0.15, -0.1) is 11.8 Å². The SMILES string of the molecule is COCCCNC(=O)CN1C(=O)CS[C@@H](c2ccc(OC)c(OC)c2)c2c(C(C)(C)C)nn(-c3cccc(C)c3)c21. The number of hydrogen-bond acceptors (Lipinski definition) is 7. The van der Waals surface area contributed by atoms with E-state index in [4.69, 9.17) is 19.3 Å². The number of amides is 2. The van der Waals surface area contributed by atoms with Crippen LogP contribution in [0.15, 0.2) is 42.5 Å². The summed E-state index contributed by atoms with van der Waals surface area (Å²) >= 11 is 1.53. The van der Waals surface area contributed by atoms with Gasteiger partial charge in [0, 0.05) is 31.2 Å². The number of aryl methyl sites for hydroxylation is 1. The summed E-state index contributed by atoms with van der Waals surface area (Å²) in [7, 11) is 4.85. The first kappa shape index (κ1) is 30.5. The van der Waals surface area contributed by atoms with Crippen LogP contribution in [-0.4, -0.2) is 68.4 Å². The number of anilines is 1. The Morgan fingerprint density at radius 2 is 1.85 bits per heavy atom.